The van der Waals surface area contributed by atoms with Crippen molar-refractivity contribution >= 4 is 11.8 Å². The Balaban J connectivity index is 1.44. The smallest absolute Gasteiger partial charge is 0.274 e. The number of carbonyl (C=O) groups excluding carboxylic acids is 2. The molecule has 2 aliphatic heterocycles. The lowest BCUT2D eigenvalue weighted by Gasteiger charge is -2.38. The first-order chi connectivity index (χ1) is 14.2. The molecule has 1 aromatic carbocycles. The van der Waals surface area contributed by atoms with Crippen LogP contribution in [0.15, 0.2) is 30.3 Å². The van der Waals surface area contributed by atoms with Crippen LogP contribution in [0.5, 0.6) is 0 Å². The highest BCUT2D eigenvalue weighted by molar-refractivity contribution is 5.95. The monoisotopic (exact) mass is 395 g/mol. The van der Waals surface area contributed by atoms with E-state index in [9.17, 15) is 9.59 Å². The number of carbonyl (C=O) groups is 2. The Morgan fingerprint density at radius 3 is 2.69 bits per heavy atom. The van der Waals surface area contributed by atoms with Crippen LogP contribution in [0.3, 0.4) is 0 Å². The summed E-state index contributed by atoms with van der Waals surface area (Å²) in [6.45, 7) is 5.76. The minimum absolute atomic E-state index is 0.0147. The highest BCUT2D eigenvalue weighted by Crippen LogP contribution is 2.23. The Morgan fingerprint density at radius 1 is 1.21 bits per heavy atom. The molecule has 29 heavy (non-hydrogen) atoms. The second-order valence-corrected chi connectivity index (χ2v) is 7.84. The molecule has 0 bridgehead atoms. The fourth-order valence-electron chi connectivity index (χ4n) is 4.37. The zero-order valence-electron chi connectivity index (χ0n) is 17.0. The molecule has 3 heterocycles. The summed E-state index contributed by atoms with van der Waals surface area (Å²) in [5.74, 6) is 0.0887. The third kappa shape index (κ3) is 4.05. The van der Waals surface area contributed by atoms with E-state index in [4.69, 9.17) is 0 Å². The van der Waals surface area contributed by atoms with E-state index >= 15 is 0 Å². The first kappa shape index (κ1) is 19.6. The van der Waals surface area contributed by atoms with Crippen LogP contribution in [0.25, 0.3) is 0 Å². The van der Waals surface area contributed by atoms with E-state index in [0.717, 1.165) is 49.0 Å². The third-order valence-electron chi connectivity index (χ3n) is 5.95. The minimum Gasteiger partial charge on any atom is -0.338 e. The zero-order valence-corrected chi connectivity index (χ0v) is 17.0. The first-order valence-electron chi connectivity index (χ1n) is 10.6. The minimum atomic E-state index is 0.0147. The maximum absolute atomic E-state index is 13.3. The number of aromatic nitrogens is 2. The van der Waals surface area contributed by atoms with Gasteiger partial charge in [0.1, 0.15) is 0 Å². The van der Waals surface area contributed by atoms with Gasteiger partial charge in [-0.25, -0.2) is 0 Å². The van der Waals surface area contributed by atoms with Gasteiger partial charge in [-0.3, -0.25) is 14.7 Å². The highest BCUT2D eigenvalue weighted by Gasteiger charge is 2.32. The number of rotatable bonds is 5. The maximum atomic E-state index is 13.3. The van der Waals surface area contributed by atoms with Gasteiger partial charge in [0, 0.05) is 62.0 Å². The molecule has 4 rings (SSSR count). The number of piperidine rings is 1. The fourth-order valence-corrected chi connectivity index (χ4v) is 4.37. The number of hydrogen-bond acceptors (Lipinski definition) is 4. The predicted molar refractivity (Wildman–Crippen MR) is 111 cm³/mol. The number of nitrogens with one attached hydrogen (secondary N) is 2. The van der Waals surface area contributed by atoms with E-state index in [2.05, 4.69) is 22.4 Å². The van der Waals surface area contributed by atoms with E-state index in [-0.39, 0.29) is 17.9 Å². The summed E-state index contributed by atoms with van der Waals surface area (Å²) < 4.78 is 0. The van der Waals surface area contributed by atoms with Crippen LogP contribution in [0, 0.1) is 0 Å². The third-order valence-corrected chi connectivity index (χ3v) is 5.95. The standard InChI is InChI=1S/C22H29N5O2/c1-2-12-27(22(29)20-18-15-23-11-8-19(18)24-25-20)17-9-13-26(14-10-17)21(28)16-6-4-3-5-7-16/h3-7,17,23H,2,8-15H2,1H3,(H,24,25). The Morgan fingerprint density at radius 2 is 1.97 bits per heavy atom. The van der Waals surface area contributed by atoms with Gasteiger partial charge in [-0.2, -0.15) is 5.10 Å². The SMILES string of the molecule is CCCN(C(=O)c1n[nH]c2c1CNCC2)C1CCN(C(=O)c2ccccc2)CC1. The van der Waals surface area contributed by atoms with Crippen LogP contribution in [-0.2, 0) is 13.0 Å². The molecule has 0 saturated carbocycles. The summed E-state index contributed by atoms with van der Waals surface area (Å²) in [5.41, 5.74) is 3.37. The van der Waals surface area contributed by atoms with Crippen molar-refractivity contribution in [3.8, 4) is 0 Å². The van der Waals surface area contributed by atoms with Gasteiger partial charge in [-0.15, -0.1) is 0 Å². The average Bonchev–Trinajstić information content (AvgIpc) is 3.21. The van der Waals surface area contributed by atoms with Crippen LogP contribution >= 0.6 is 0 Å². The lowest BCUT2D eigenvalue weighted by Crippen LogP contribution is -2.49. The van der Waals surface area contributed by atoms with E-state index < -0.39 is 0 Å². The number of amides is 2. The van der Waals surface area contributed by atoms with Crippen molar-refractivity contribution in [3.05, 3.63) is 52.8 Å². The van der Waals surface area contributed by atoms with Crippen LogP contribution in [-0.4, -0.2) is 64.0 Å². The molecule has 2 aromatic rings. The molecule has 0 radical (unpaired) electrons. The summed E-state index contributed by atoms with van der Waals surface area (Å²) >= 11 is 0. The molecule has 0 unspecified atom stereocenters. The van der Waals surface area contributed by atoms with Gasteiger partial charge < -0.3 is 15.1 Å². The molecule has 7 nitrogen and oxygen atoms in total. The van der Waals surface area contributed by atoms with Gasteiger partial charge in [-0.1, -0.05) is 25.1 Å². The van der Waals surface area contributed by atoms with Gasteiger partial charge in [0.25, 0.3) is 11.8 Å². The first-order valence-corrected chi connectivity index (χ1v) is 10.6. The van der Waals surface area contributed by atoms with Crippen molar-refractivity contribution in [2.75, 3.05) is 26.2 Å². The topological polar surface area (TPSA) is 81.3 Å². The molecule has 0 aliphatic carbocycles. The van der Waals surface area contributed by atoms with Gasteiger partial charge in [0.15, 0.2) is 5.69 Å². The van der Waals surface area contributed by atoms with E-state index in [1.807, 2.05) is 40.1 Å². The Labute approximate surface area is 171 Å². The number of H-pyrrole nitrogens is 1. The molecule has 0 atom stereocenters. The lowest BCUT2D eigenvalue weighted by atomic mass is 10.00. The normalized spacial score (nSPS) is 17.1. The van der Waals surface area contributed by atoms with Gasteiger partial charge in [-0.05, 0) is 31.4 Å². The van der Waals surface area contributed by atoms with Crippen molar-refractivity contribution < 1.29 is 9.59 Å². The second kappa shape index (κ2) is 8.78. The van der Waals surface area contributed by atoms with Gasteiger partial charge >= 0.3 is 0 Å². The predicted octanol–water partition coefficient (Wildman–Crippen LogP) is 2.21. The Kier molecular flexibility index (Phi) is 5.94. The van der Waals surface area contributed by atoms with Crippen molar-refractivity contribution in [3.63, 3.8) is 0 Å². The van der Waals surface area contributed by atoms with Crippen LogP contribution in [0.2, 0.25) is 0 Å². The van der Waals surface area contributed by atoms with Crippen molar-refractivity contribution in [2.24, 2.45) is 0 Å². The number of aromatic amines is 1. The largest absolute Gasteiger partial charge is 0.338 e. The van der Waals surface area contributed by atoms with E-state index in [1.165, 1.54) is 0 Å². The van der Waals surface area contributed by atoms with Gasteiger partial charge in [0.05, 0.1) is 0 Å². The molecule has 1 saturated heterocycles. The molecule has 2 N–H and O–H groups in total. The van der Waals surface area contributed by atoms with Crippen LogP contribution in [0.1, 0.15) is 58.3 Å². The summed E-state index contributed by atoms with van der Waals surface area (Å²) in [7, 11) is 0. The lowest BCUT2D eigenvalue weighted by molar-refractivity contribution is 0.0514. The van der Waals surface area contributed by atoms with Gasteiger partial charge in [0.2, 0.25) is 0 Å². The number of likely N-dealkylation sites (tertiary alicyclic amines) is 1. The van der Waals surface area contributed by atoms with E-state index in [1.54, 1.807) is 0 Å². The van der Waals surface area contributed by atoms with Crippen molar-refractivity contribution in [1.29, 1.82) is 0 Å². The van der Waals surface area contributed by atoms with Crippen molar-refractivity contribution in [2.45, 2.75) is 45.2 Å². The maximum Gasteiger partial charge on any atom is 0.274 e. The second-order valence-electron chi connectivity index (χ2n) is 7.84. The average molecular weight is 396 g/mol. The molecular formula is C22H29N5O2. The quantitative estimate of drug-likeness (QED) is 0.813. The zero-order chi connectivity index (χ0) is 20.2. The number of hydrogen-bond donors (Lipinski definition) is 2. The molecular weight excluding hydrogens is 366 g/mol. The highest BCUT2D eigenvalue weighted by atomic mass is 16.2. The molecule has 2 amide bonds. The Bertz CT molecular complexity index is 855. The van der Waals surface area contributed by atoms with Crippen LogP contribution < -0.4 is 5.32 Å². The fraction of sp³-hybridized carbons (Fsp3) is 0.500. The summed E-state index contributed by atoms with van der Waals surface area (Å²) in [6.07, 6.45) is 3.38. The molecule has 1 aromatic heterocycles. The number of benzene rings is 1. The number of nitrogens with zero attached hydrogens (tertiary/aromatic N) is 3. The summed E-state index contributed by atoms with van der Waals surface area (Å²) in [5, 5.41) is 10.7. The summed E-state index contributed by atoms with van der Waals surface area (Å²) in [4.78, 5) is 29.9. The number of fused-ring (bicyclic) bond motifs is 1. The Hall–Kier alpha value is -2.67. The molecule has 0 spiro atoms. The van der Waals surface area contributed by atoms with E-state index in [0.29, 0.717) is 31.9 Å². The van der Waals surface area contributed by atoms with Crippen LogP contribution in [0.4, 0.5) is 0 Å². The molecule has 1 fully saturated rings. The molecule has 2 aliphatic rings. The molecule has 7 heteroatoms. The summed E-state index contributed by atoms with van der Waals surface area (Å²) in [6, 6.07) is 9.56. The molecule has 154 valence electrons. The van der Waals surface area contributed by atoms with Crippen molar-refractivity contribution in [1.82, 2.24) is 25.3 Å².